The second kappa shape index (κ2) is 6.26. The van der Waals surface area contributed by atoms with E-state index < -0.39 is 12.1 Å². The molecular weight excluding hydrogens is 268 g/mol. The quantitative estimate of drug-likeness (QED) is 0.867. The molecule has 1 heterocycles. The van der Waals surface area contributed by atoms with Gasteiger partial charge in [-0.2, -0.15) is 0 Å². The lowest BCUT2D eigenvalue weighted by Crippen LogP contribution is -2.60. The highest BCUT2D eigenvalue weighted by atomic mass is 16.3. The number of carbonyl (C=O) groups excluding carboxylic acids is 2. The number of β-amino-alcohol motifs (C(OH)–C–C–N with tert-alkyl or cyclic N) is 1. The Balaban J connectivity index is 2.04. The molecule has 0 bridgehead atoms. The smallest absolute Gasteiger partial charge is 0.251 e. The van der Waals surface area contributed by atoms with Crippen LogP contribution in [0.15, 0.2) is 24.3 Å². The van der Waals surface area contributed by atoms with Gasteiger partial charge in [-0.15, -0.1) is 0 Å². The summed E-state index contributed by atoms with van der Waals surface area (Å²) in [6, 6.07) is 6.67. The van der Waals surface area contributed by atoms with Crippen molar-refractivity contribution in [2.24, 2.45) is 5.92 Å². The number of likely N-dealkylation sites (tertiary alicyclic amines) is 1. The fraction of sp³-hybridized carbons (Fsp3) is 0.500. The highest BCUT2D eigenvalue weighted by Crippen LogP contribution is 2.14. The fourth-order valence-corrected chi connectivity index (χ4v) is 2.28. The number of benzene rings is 1. The van der Waals surface area contributed by atoms with E-state index in [1.54, 1.807) is 17.0 Å². The molecule has 0 saturated carbocycles. The number of hydrogen-bond donors (Lipinski definition) is 2. The van der Waals surface area contributed by atoms with Crippen molar-refractivity contribution in [3.63, 3.8) is 0 Å². The Kier molecular flexibility index (Phi) is 4.63. The summed E-state index contributed by atoms with van der Waals surface area (Å²) in [6.45, 7) is 6.45. The van der Waals surface area contributed by atoms with Crippen molar-refractivity contribution in [2.75, 3.05) is 13.1 Å². The Morgan fingerprint density at radius 3 is 2.29 bits per heavy atom. The lowest BCUT2D eigenvalue weighted by atomic mass is 9.99. The number of aliphatic hydroxyl groups excluding tert-OH is 1. The topological polar surface area (TPSA) is 69.6 Å². The molecule has 0 spiro atoms. The van der Waals surface area contributed by atoms with Crippen LogP contribution in [0.5, 0.6) is 0 Å². The highest BCUT2D eigenvalue weighted by molar-refractivity contribution is 5.97. The Morgan fingerprint density at radius 2 is 1.81 bits per heavy atom. The van der Waals surface area contributed by atoms with E-state index in [1.165, 1.54) is 0 Å². The van der Waals surface area contributed by atoms with Gasteiger partial charge in [0, 0.05) is 18.7 Å². The molecule has 5 nitrogen and oxygen atoms in total. The summed E-state index contributed by atoms with van der Waals surface area (Å²) >= 11 is 0. The van der Waals surface area contributed by atoms with Crippen LogP contribution >= 0.6 is 0 Å². The van der Waals surface area contributed by atoms with Crippen molar-refractivity contribution in [2.45, 2.75) is 32.9 Å². The predicted molar refractivity (Wildman–Crippen MR) is 79.9 cm³/mol. The van der Waals surface area contributed by atoms with Crippen LogP contribution in [0, 0.1) is 12.8 Å². The molecule has 1 aliphatic heterocycles. The molecule has 21 heavy (non-hydrogen) atoms. The van der Waals surface area contributed by atoms with Gasteiger partial charge in [0.15, 0.2) is 0 Å². The Hall–Kier alpha value is -1.88. The van der Waals surface area contributed by atoms with Gasteiger partial charge in [0.2, 0.25) is 5.91 Å². The van der Waals surface area contributed by atoms with E-state index in [-0.39, 0.29) is 17.7 Å². The SMILES string of the molecule is Cc1ccc(C(=O)NC(C(=O)N2CC(O)C2)C(C)C)cc1. The second-order valence-corrected chi connectivity index (χ2v) is 5.96. The molecule has 2 rings (SSSR count). The maximum absolute atomic E-state index is 12.3. The van der Waals surface area contributed by atoms with Crippen LogP contribution in [-0.2, 0) is 4.79 Å². The third-order valence-corrected chi connectivity index (χ3v) is 3.71. The number of carbonyl (C=O) groups is 2. The van der Waals surface area contributed by atoms with Gasteiger partial charge in [0.1, 0.15) is 6.04 Å². The first kappa shape index (κ1) is 15.5. The third kappa shape index (κ3) is 3.61. The van der Waals surface area contributed by atoms with Gasteiger partial charge in [-0.05, 0) is 25.0 Å². The van der Waals surface area contributed by atoms with Crippen molar-refractivity contribution in [3.05, 3.63) is 35.4 Å². The first-order valence-electron chi connectivity index (χ1n) is 7.23. The van der Waals surface area contributed by atoms with Crippen LogP contribution in [0.2, 0.25) is 0 Å². The molecule has 1 fully saturated rings. The number of aryl methyl sites for hydroxylation is 1. The molecule has 114 valence electrons. The first-order valence-corrected chi connectivity index (χ1v) is 7.23. The molecular formula is C16H22N2O3. The lowest BCUT2D eigenvalue weighted by Gasteiger charge is -2.39. The van der Waals surface area contributed by atoms with E-state index >= 15 is 0 Å². The predicted octanol–water partition coefficient (Wildman–Crippen LogP) is 0.953. The van der Waals surface area contributed by atoms with Crippen molar-refractivity contribution in [3.8, 4) is 0 Å². The van der Waals surface area contributed by atoms with Gasteiger partial charge in [-0.3, -0.25) is 9.59 Å². The van der Waals surface area contributed by atoms with E-state index in [2.05, 4.69) is 5.32 Å². The van der Waals surface area contributed by atoms with Crippen LogP contribution in [0.4, 0.5) is 0 Å². The standard InChI is InChI=1S/C16H22N2O3/c1-10(2)14(16(21)18-8-13(19)9-18)17-15(20)12-6-4-11(3)5-7-12/h4-7,10,13-14,19H,8-9H2,1-3H3,(H,17,20). The molecule has 1 unspecified atom stereocenters. The van der Waals surface area contributed by atoms with Gasteiger partial charge >= 0.3 is 0 Å². The molecule has 1 aliphatic rings. The molecule has 1 aromatic carbocycles. The third-order valence-electron chi connectivity index (χ3n) is 3.71. The molecule has 2 amide bonds. The molecule has 0 aromatic heterocycles. The Morgan fingerprint density at radius 1 is 1.24 bits per heavy atom. The molecule has 0 aliphatic carbocycles. The Bertz CT molecular complexity index is 519. The van der Waals surface area contributed by atoms with E-state index in [1.807, 2.05) is 32.9 Å². The molecule has 1 atom stereocenters. The van der Waals surface area contributed by atoms with Crippen LogP contribution in [0.3, 0.4) is 0 Å². The zero-order chi connectivity index (χ0) is 15.6. The largest absolute Gasteiger partial charge is 0.389 e. The zero-order valence-corrected chi connectivity index (χ0v) is 12.7. The normalized spacial score (nSPS) is 16.5. The second-order valence-electron chi connectivity index (χ2n) is 5.96. The summed E-state index contributed by atoms with van der Waals surface area (Å²) in [6.07, 6.45) is -0.436. The minimum absolute atomic E-state index is 0.00959. The summed E-state index contributed by atoms with van der Waals surface area (Å²) in [7, 11) is 0. The maximum atomic E-state index is 12.3. The van der Waals surface area contributed by atoms with E-state index in [0.717, 1.165) is 5.56 Å². The first-order chi connectivity index (χ1) is 9.88. The molecule has 0 radical (unpaired) electrons. The average Bonchev–Trinajstić information content (AvgIpc) is 2.40. The van der Waals surface area contributed by atoms with Gasteiger partial charge in [-0.25, -0.2) is 0 Å². The molecule has 1 aromatic rings. The summed E-state index contributed by atoms with van der Waals surface area (Å²) in [5, 5.41) is 12.1. The van der Waals surface area contributed by atoms with Gasteiger partial charge in [-0.1, -0.05) is 31.5 Å². The van der Waals surface area contributed by atoms with Crippen molar-refractivity contribution >= 4 is 11.8 Å². The summed E-state index contributed by atoms with van der Waals surface area (Å²) in [4.78, 5) is 26.1. The number of rotatable bonds is 4. The van der Waals surface area contributed by atoms with Gasteiger partial charge < -0.3 is 15.3 Å². The number of nitrogens with one attached hydrogen (secondary N) is 1. The number of amides is 2. The number of aliphatic hydroxyl groups is 1. The molecule has 1 saturated heterocycles. The summed E-state index contributed by atoms with van der Waals surface area (Å²) < 4.78 is 0. The summed E-state index contributed by atoms with van der Waals surface area (Å²) in [5.41, 5.74) is 1.63. The Labute approximate surface area is 125 Å². The fourth-order valence-electron chi connectivity index (χ4n) is 2.28. The minimum atomic E-state index is -0.564. The lowest BCUT2D eigenvalue weighted by molar-refractivity contribution is -0.144. The average molecular weight is 290 g/mol. The molecule has 2 N–H and O–H groups in total. The highest BCUT2D eigenvalue weighted by Gasteiger charge is 2.35. The van der Waals surface area contributed by atoms with Crippen molar-refractivity contribution < 1.29 is 14.7 Å². The number of hydrogen-bond acceptors (Lipinski definition) is 3. The van der Waals surface area contributed by atoms with E-state index in [4.69, 9.17) is 0 Å². The van der Waals surface area contributed by atoms with E-state index in [0.29, 0.717) is 18.7 Å². The van der Waals surface area contributed by atoms with Gasteiger partial charge in [0.05, 0.1) is 6.10 Å². The van der Waals surface area contributed by atoms with Crippen molar-refractivity contribution in [1.82, 2.24) is 10.2 Å². The number of nitrogens with zero attached hydrogens (tertiary/aromatic N) is 1. The minimum Gasteiger partial charge on any atom is -0.389 e. The van der Waals surface area contributed by atoms with Gasteiger partial charge in [0.25, 0.3) is 5.91 Å². The molecule has 5 heteroatoms. The van der Waals surface area contributed by atoms with Crippen LogP contribution < -0.4 is 5.32 Å². The summed E-state index contributed by atoms with van der Waals surface area (Å²) in [5.74, 6) is -0.386. The monoisotopic (exact) mass is 290 g/mol. The zero-order valence-electron chi connectivity index (χ0n) is 12.7. The maximum Gasteiger partial charge on any atom is 0.251 e. The van der Waals surface area contributed by atoms with E-state index in [9.17, 15) is 14.7 Å². The van der Waals surface area contributed by atoms with Crippen molar-refractivity contribution in [1.29, 1.82) is 0 Å². The van der Waals surface area contributed by atoms with Crippen LogP contribution in [0.25, 0.3) is 0 Å². The van der Waals surface area contributed by atoms with Crippen LogP contribution in [-0.4, -0.2) is 47.1 Å². The van der Waals surface area contributed by atoms with Crippen LogP contribution in [0.1, 0.15) is 29.8 Å².